The van der Waals surface area contributed by atoms with Gasteiger partial charge in [-0.05, 0) is 88.4 Å². The molecule has 55 heavy (non-hydrogen) atoms. The Kier molecular flexibility index (Phi) is 7.31. The third-order valence-electron chi connectivity index (χ3n) is 11.4. The number of rotatable bonds is 5. The van der Waals surface area contributed by atoms with Crippen molar-refractivity contribution in [3.63, 3.8) is 0 Å². The van der Waals surface area contributed by atoms with Crippen LogP contribution in [-0.4, -0.2) is 14.5 Å². The van der Waals surface area contributed by atoms with E-state index in [9.17, 15) is 0 Å². The Labute approximate surface area is 319 Å². The molecule has 0 amide bonds. The zero-order chi connectivity index (χ0) is 36.5. The van der Waals surface area contributed by atoms with Crippen molar-refractivity contribution in [2.24, 2.45) is 5.92 Å². The van der Waals surface area contributed by atoms with Gasteiger partial charge in [-0.1, -0.05) is 146 Å². The Balaban J connectivity index is 1.29. The van der Waals surface area contributed by atoms with E-state index in [1.165, 1.54) is 44.3 Å². The molecular weight excluding hydrogens is 671 g/mol. The number of furan rings is 1. The van der Waals surface area contributed by atoms with Gasteiger partial charge in [-0.15, -0.1) is 0 Å². The van der Waals surface area contributed by atoms with Crippen molar-refractivity contribution >= 4 is 45.0 Å². The van der Waals surface area contributed by atoms with Gasteiger partial charge < -0.3 is 4.42 Å². The highest BCUT2D eigenvalue weighted by Crippen LogP contribution is 2.48. The van der Waals surface area contributed by atoms with E-state index in [2.05, 4.69) is 175 Å². The predicted molar refractivity (Wildman–Crippen MR) is 227 cm³/mol. The van der Waals surface area contributed by atoms with Gasteiger partial charge in [0.2, 0.25) is 5.95 Å². The maximum Gasteiger partial charge on any atom is 0.235 e. The molecule has 1 unspecified atom stereocenters. The summed E-state index contributed by atoms with van der Waals surface area (Å²) in [6.45, 7) is 2.31. The molecule has 0 N–H and O–H groups in total. The van der Waals surface area contributed by atoms with Crippen molar-refractivity contribution in [3.8, 4) is 50.6 Å². The molecule has 2 aliphatic carbocycles. The quantitative estimate of drug-likeness (QED) is 0.179. The number of fused-ring (bicyclic) bond motifs is 8. The molecular formula is C51H37N3O. The van der Waals surface area contributed by atoms with E-state index in [0.717, 1.165) is 74.9 Å². The van der Waals surface area contributed by atoms with Crippen LogP contribution < -0.4 is 0 Å². The van der Waals surface area contributed by atoms with Crippen molar-refractivity contribution in [1.82, 2.24) is 14.5 Å². The summed E-state index contributed by atoms with van der Waals surface area (Å²) >= 11 is 0. The molecule has 0 aliphatic heterocycles. The Morgan fingerprint density at radius 1 is 0.636 bits per heavy atom. The Morgan fingerprint density at radius 3 is 2.16 bits per heavy atom. The molecule has 0 radical (unpaired) electrons. The van der Waals surface area contributed by atoms with E-state index in [1.807, 2.05) is 0 Å². The first-order chi connectivity index (χ1) is 27.2. The molecule has 2 aliphatic rings. The zero-order valence-corrected chi connectivity index (χ0v) is 30.5. The van der Waals surface area contributed by atoms with Crippen molar-refractivity contribution in [1.29, 1.82) is 0 Å². The number of aryl methyl sites for hydroxylation is 1. The molecule has 11 rings (SSSR count). The van der Waals surface area contributed by atoms with Gasteiger partial charge >= 0.3 is 0 Å². The molecule has 3 aromatic heterocycles. The van der Waals surface area contributed by atoms with Crippen molar-refractivity contribution < 1.29 is 4.42 Å². The molecule has 4 heteroatoms. The van der Waals surface area contributed by atoms with Crippen LogP contribution in [0, 0.1) is 5.92 Å². The molecule has 0 bridgehead atoms. The fourth-order valence-corrected chi connectivity index (χ4v) is 8.84. The minimum absolute atomic E-state index is 0.370. The summed E-state index contributed by atoms with van der Waals surface area (Å²) in [6.07, 6.45) is 11.8. The Bertz CT molecular complexity index is 3000. The minimum Gasteiger partial charge on any atom is -0.454 e. The molecule has 0 saturated heterocycles. The highest BCUT2D eigenvalue weighted by Gasteiger charge is 2.30. The fourth-order valence-electron chi connectivity index (χ4n) is 8.84. The first-order valence-corrected chi connectivity index (χ1v) is 19.3. The second kappa shape index (κ2) is 12.7. The number of hydrogen-bond acceptors (Lipinski definition) is 3. The molecule has 0 fully saturated rings. The molecule has 0 saturated carbocycles. The van der Waals surface area contributed by atoms with Gasteiger partial charge in [0.05, 0.1) is 17.1 Å². The maximum absolute atomic E-state index is 6.93. The van der Waals surface area contributed by atoms with Crippen molar-refractivity contribution in [3.05, 3.63) is 174 Å². The highest BCUT2D eigenvalue weighted by atomic mass is 16.3. The normalized spacial score (nSPS) is 14.8. The van der Waals surface area contributed by atoms with Crippen molar-refractivity contribution in [2.75, 3.05) is 0 Å². The second-order valence-electron chi connectivity index (χ2n) is 14.9. The number of hydrogen-bond donors (Lipinski definition) is 0. The van der Waals surface area contributed by atoms with E-state index in [1.54, 1.807) is 0 Å². The van der Waals surface area contributed by atoms with Crippen LogP contribution in [0.1, 0.15) is 35.9 Å². The standard InChI is InChI=1S/C51H37N3O/c1-32-25-28-45-43(29-32)47-41(37-27-26-36(33-15-5-2-6-16-33)30-40(37)34-17-7-3-8-18-34)31-42-38-21-12-14-24-46(38)55-50(42)49(47)54(45)51-52-44-23-13-11-22-39(44)48(53-51)35-19-9-4-10-20-35/h2-12,14-22,24-28,30-32H,13,23,29H2,1H3. The van der Waals surface area contributed by atoms with Gasteiger partial charge in [-0.25, -0.2) is 9.97 Å². The molecule has 9 aromatic rings. The van der Waals surface area contributed by atoms with Gasteiger partial charge in [0.1, 0.15) is 11.1 Å². The van der Waals surface area contributed by atoms with Gasteiger partial charge in [0.15, 0.2) is 5.58 Å². The average molecular weight is 708 g/mol. The van der Waals surface area contributed by atoms with Crippen LogP contribution in [-0.2, 0) is 12.8 Å². The summed E-state index contributed by atoms with van der Waals surface area (Å²) in [4.78, 5) is 10.9. The average Bonchev–Trinajstić information content (AvgIpc) is 3.79. The van der Waals surface area contributed by atoms with Gasteiger partial charge in [0.25, 0.3) is 0 Å². The lowest BCUT2D eigenvalue weighted by Gasteiger charge is -2.18. The highest BCUT2D eigenvalue weighted by molar-refractivity contribution is 6.21. The summed E-state index contributed by atoms with van der Waals surface area (Å²) in [7, 11) is 0. The van der Waals surface area contributed by atoms with Gasteiger partial charge in [0, 0.05) is 27.3 Å². The summed E-state index contributed by atoms with van der Waals surface area (Å²) in [5.41, 5.74) is 16.5. The number of allylic oxidation sites excluding steroid dienone is 2. The lowest BCUT2D eigenvalue weighted by molar-refractivity contribution is 0.670. The van der Waals surface area contributed by atoms with E-state index in [4.69, 9.17) is 14.4 Å². The van der Waals surface area contributed by atoms with E-state index >= 15 is 0 Å². The van der Waals surface area contributed by atoms with Crippen LogP contribution in [0.2, 0.25) is 0 Å². The predicted octanol–water partition coefficient (Wildman–Crippen LogP) is 13.2. The van der Waals surface area contributed by atoms with Crippen LogP contribution in [0.5, 0.6) is 0 Å². The largest absolute Gasteiger partial charge is 0.454 e. The minimum atomic E-state index is 0.370. The molecule has 0 spiro atoms. The monoisotopic (exact) mass is 707 g/mol. The third-order valence-corrected chi connectivity index (χ3v) is 11.4. The summed E-state index contributed by atoms with van der Waals surface area (Å²) in [6, 6.07) is 49.8. The first kappa shape index (κ1) is 31.7. The van der Waals surface area contributed by atoms with E-state index < -0.39 is 0 Å². The van der Waals surface area contributed by atoms with Gasteiger partial charge in [-0.2, -0.15) is 0 Å². The SMILES string of the molecule is CC1C=Cc2c(c3c(-c4ccc(-c5ccccc5)cc4-c4ccccc4)cc4c5ccccc5oc4c3n2-c2nc3c(c(-c4ccccc4)n2)C=CCC3)C1. The van der Waals surface area contributed by atoms with Crippen LogP contribution in [0.15, 0.2) is 156 Å². The molecule has 4 nitrogen and oxygen atoms in total. The smallest absolute Gasteiger partial charge is 0.235 e. The lowest BCUT2D eigenvalue weighted by atomic mass is 9.86. The molecule has 262 valence electrons. The first-order valence-electron chi connectivity index (χ1n) is 19.3. The number of benzene rings is 6. The summed E-state index contributed by atoms with van der Waals surface area (Å²) in [5, 5.41) is 3.38. The Hall–Kier alpha value is -6.78. The summed E-state index contributed by atoms with van der Waals surface area (Å²) in [5.74, 6) is 1.05. The van der Waals surface area contributed by atoms with Crippen LogP contribution in [0.3, 0.4) is 0 Å². The summed E-state index contributed by atoms with van der Waals surface area (Å²) < 4.78 is 9.24. The van der Waals surface area contributed by atoms with Crippen LogP contribution >= 0.6 is 0 Å². The van der Waals surface area contributed by atoms with Gasteiger partial charge in [-0.3, -0.25) is 4.57 Å². The molecule has 6 aromatic carbocycles. The maximum atomic E-state index is 6.93. The zero-order valence-electron chi connectivity index (χ0n) is 30.5. The topological polar surface area (TPSA) is 43.9 Å². The number of para-hydroxylation sites is 1. The number of nitrogens with zero attached hydrogens (tertiary/aromatic N) is 3. The van der Waals surface area contributed by atoms with Crippen LogP contribution in [0.25, 0.3) is 95.6 Å². The third kappa shape index (κ3) is 5.13. The fraction of sp³-hybridized carbons (Fsp3) is 0.0980. The molecule has 1 atom stereocenters. The Morgan fingerprint density at radius 2 is 1.36 bits per heavy atom. The van der Waals surface area contributed by atoms with E-state index in [-0.39, 0.29) is 0 Å². The van der Waals surface area contributed by atoms with E-state index in [0.29, 0.717) is 11.9 Å². The number of aromatic nitrogens is 3. The second-order valence-corrected chi connectivity index (χ2v) is 14.9. The van der Waals surface area contributed by atoms with Crippen LogP contribution in [0.4, 0.5) is 0 Å². The molecule has 3 heterocycles. The van der Waals surface area contributed by atoms with Crippen molar-refractivity contribution in [2.45, 2.75) is 26.2 Å². The lowest BCUT2D eigenvalue weighted by Crippen LogP contribution is -2.12.